The number of aliphatic hydroxyl groups is 1. The third-order valence-electron chi connectivity index (χ3n) is 11.9. The largest absolute Gasteiger partial charge is 0.472 e. The summed E-state index contributed by atoms with van der Waals surface area (Å²) < 4.78 is 23.5. The van der Waals surface area contributed by atoms with Gasteiger partial charge in [0.25, 0.3) is 0 Å². The summed E-state index contributed by atoms with van der Waals surface area (Å²) in [4.78, 5) is 23.1. The van der Waals surface area contributed by atoms with Gasteiger partial charge >= 0.3 is 7.82 Å². The van der Waals surface area contributed by atoms with Crippen LogP contribution in [-0.4, -0.2) is 73.4 Å². The second-order valence-electron chi connectivity index (χ2n) is 19.6. The predicted molar refractivity (Wildman–Crippen MR) is 290 cm³/mol. The molecule has 9 heteroatoms. The van der Waals surface area contributed by atoms with Gasteiger partial charge in [-0.05, 0) is 70.6 Å². The van der Waals surface area contributed by atoms with Gasteiger partial charge in [0.05, 0.1) is 39.9 Å². The summed E-state index contributed by atoms with van der Waals surface area (Å²) in [6.07, 6.45) is 68.5. The zero-order valence-electron chi connectivity index (χ0n) is 44.1. The summed E-state index contributed by atoms with van der Waals surface area (Å²) in [5.41, 5.74) is 0. The van der Waals surface area contributed by atoms with Gasteiger partial charge in [0.1, 0.15) is 13.2 Å². The fourth-order valence-corrected chi connectivity index (χ4v) is 8.31. The van der Waals surface area contributed by atoms with Gasteiger partial charge in [-0.1, -0.05) is 234 Å². The van der Waals surface area contributed by atoms with E-state index in [1.165, 1.54) is 128 Å². The number of aliphatic hydroxyl groups excluding tert-OH is 1. The molecule has 0 aliphatic carbocycles. The molecule has 0 aliphatic heterocycles. The van der Waals surface area contributed by atoms with Crippen molar-refractivity contribution >= 4 is 13.7 Å². The zero-order chi connectivity index (χ0) is 49.2. The first-order chi connectivity index (χ1) is 32.5. The van der Waals surface area contributed by atoms with E-state index < -0.39 is 20.0 Å². The maximum atomic E-state index is 12.9. The van der Waals surface area contributed by atoms with Crippen LogP contribution in [0.1, 0.15) is 226 Å². The van der Waals surface area contributed by atoms with E-state index in [0.29, 0.717) is 17.4 Å². The van der Waals surface area contributed by atoms with Gasteiger partial charge in [-0.25, -0.2) is 4.57 Å². The standard InChI is InChI=1S/C58H105N2O6P/c1-6-8-10-12-14-16-17-18-19-20-21-22-23-24-25-26-27-28-29-30-31-32-33-34-35-36-37-38-39-40-41-42-43-44-46-48-50-52-58(62)59-56(55-66-67(63,64)65-54-53-60(3,4)5)57(61)51-49-47-45-15-13-11-9-7-2/h8,10,14,16,18-19,21-22,24-25,27-28,49,51,56-57,61H,6-7,9,11-13,15,17,20,23,26,29-48,50,52-55H2,1-5H3,(H-,59,62,63,64)/p+1/b10-8-,16-14-,19-18-,22-21-,25-24-,28-27-,51-49+. The number of carbonyl (C=O) groups excluding carboxylic acids is 1. The van der Waals surface area contributed by atoms with E-state index in [1.54, 1.807) is 6.08 Å². The molecule has 3 N–H and O–H groups in total. The van der Waals surface area contributed by atoms with E-state index in [1.807, 2.05) is 27.2 Å². The lowest BCUT2D eigenvalue weighted by Crippen LogP contribution is -2.45. The summed E-state index contributed by atoms with van der Waals surface area (Å²) in [6, 6.07) is -0.846. The molecule has 0 spiro atoms. The van der Waals surface area contributed by atoms with E-state index in [0.717, 1.165) is 77.0 Å². The maximum absolute atomic E-state index is 12.9. The number of hydrogen-bond donors (Lipinski definition) is 3. The van der Waals surface area contributed by atoms with Crippen molar-refractivity contribution in [2.24, 2.45) is 0 Å². The molecule has 0 aromatic rings. The smallest absolute Gasteiger partial charge is 0.387 e. The monoisotopic (exact) mass is 958 g/mol. The number of nitrogens with zero attached hydrogens (tertiary/aromatic N) is 1. The van der Waals surface area contributed by atoms with Crippen molar-refractivity contribution in [1.29, 1.82) is 0 Å². The average Bonchev–Trinajstić information content (AvgIpc) is 3.29. The number of allylic oxidation sites excluding steroid dienone is 13. The Balaban J connectivity index is 3.89. The molecule has 0 saturated carbocycles. The maximum Gasteiger partial charge on any atom is 0.472 e. The second kappa shape index (κ2) is 48.7. The molecule has 0 heterocycles. The Bertz CT molecular complexity index is 1360. The predicted octanol–water partition coefficient (Wildman–Crippen LogP) is 16.5. The van der Waals surface area contributed by atoms with E-state index in [-0.39, 0.29) is 19.1 Å². The molecule has 0 rings (SSSR count). The Morgan fingerprint density at radius 1 is 0.522 bits per heavy atom. The Hall–Kier alpha value is -2.32. The minimum absolute atomic E-state index is 0.0596. The number of quaternary nitrogens is 1. The number of hydrogen-bond acceptors (Lipinski definition) is 5. The number of likely N-dealkylation sites (N-methyl/N-ethyl adjacent to an activating group) is 1. The third kappa shape index (κ3) is 51.4. The lowest BCUT2D eigenvalue weighted by atomic mass is 10.0. The van der Waals surface area contributed by atoms with E-state index in [2.05, 4.69) is 92.1 Å². The van der Waals surface area contributed by atoms with Gasteiger partial charge in [-0.3, -0.25) is 13.8 Å². The third-order valence-corrected chi connectivity index (χ3v) is 12.9. The number of unbranched alkanes of at least 4 members (excludes halogenated alkanes) is 24. The van der Waals surface area contributed by atoms with Crippen LogP contribution in [-0.2, 0) is 18.4 Å². The van der Waals surface area contributed by atoms with Gasteiger partial charge < -0.3 is 19.8 Å². The number of phosphoric ester groups is 1. The fourth-order valence-electron chi connectivity index (χ4n) is 7.57. The number of amides is 1. The van der Waals surface area contributed by atoms with Crippen LogP contribution in [0.5, 0.6) is 0 Å². The Kier molecular flexibility index (Phi) is 47.0. The minimum atomic E-state index is -4.33. The molecule has 0 aromatic heterocycles. The highest BCUT2D eigenvalue weighted by atomic mass is 31.2. The minimum Gasteiger partial charge on any atom is -0.387 e. The van der Waals surface area contributed by atoms with Crippen LogP contribution in [0.25, 0.3) is 0 Å². The first-order valence-electron chi connectivity index (χ1n) is 27.5. The number of nitrogens with one attached hydrogen (secondary N) is 1. The van der Waals surface area contributed by atoms with E-state index in [4.69, 9.17) is 9.05 Å². The highest BCUT2D eigenvalue weighted by Gasteiger charge is 2.27. The molecule has 3 unspecified atom stereocenters. The van der Waals surface area contributed by atoms with Gasteiger partial charge in [0.2, 0.25) is 5.91 Å². The SMILES string of the molecule is CC/C=C\C/C=C\C/C=C\C/C=C\C/C=C\C/C=C\CCCCCCCCCCCCCCCCCCCCC(=O)NC(COP(=O)(O)OCC[N+](C)(C)C)C(O)/C=C/CCCCCCCC. The van der Waals surface area contributed by atoms with Crippen molar-refractivity contribution in [2.75, 3.05) is 40.9 Å². The van der Waals surface area contributed by atoms with Crippen LogP contribution in [0.3, 0.4) is 0 Å². The zero-order valence-corrected chi connectivity index (χ0v) is 45.0. The van der Waals surface area contributed by atoms with Gasteiger partial charge in [-0.15, -0.1) is 0 Å². The molecule has 0 aliphatic rings. The molecule has 0 bridgehead atoms. The van der Waals surface area contributed by atoms with Crippen molar-refractivity contribution in [1.82, 2.24) is 5.32 Å². The summed E-state index contributed by atoms with van der Waals surface area (Å²) in [6.45, 7) is 4.65. The molecule has 0 fully saturated rings. The van der Waals surface area contributed by atoms with Crippen LogP contribution in [0.2, 0.25) is 0 Å². The highest BCUT2D eigenvalue weighted by molar-refractivity contribution is 7.47. The summed E-state index contributed by atoms with van der Waals surface area (Å²) in [5, 5.41) is 13.8. The van der Waals surface area contributed by atoms with Crippen LogP contribution in [0.4, 0.5) is 0 Å². The second-order valence-corrected chi connectivity index (χ2v) is 21.0. The lowest BCUT2D eigenvalue weighted by Gasteiger charge is -2.25. The van der Waals surface area contributed by atoms with Crippen molar-refractivity contribution in [3.63, 3.8) is 0 Å². The molecular formula is C58H106N2O6P+. The average molecular weight is 958 g/mol. The van der Waals surface area contributed by atoms with Crippen molar-refractivity contribution in [3.8, 4) is 0 Å². The normalized spacial score (nSPS) is 14.7. The molecule has 8 nitrogen and oxygen atoms in total. The van der Waals surface area contributed by atoms with Crippen LogP contribution in [0, 0.1) is 0 Å². The number of carbonyl (C=O) groups is 1. The molecule has 3 atom stereocenters. The molecule has 1 amide bonds. The summed E-state index contributed by atoms with van der Waals surface area (Å²) >= 11 is 0. The van der Waals surface area contributed by atoms with Crippen molar-refractivity contribution < 1.29 is 32.9 Å². The highest BCUT2D eigenvalue weighted by Crippen LogP contribution is 2.43. The molecule has 0 aromatic carbocycles. The van der Waals surface area contributed by atoms with Crippen LogP contribution < -0.4 is 5.32 Å². The van der Waals surface area contributed by atoms with Crippen molar-refractivity contribution in [2.45, 2.75) is 238 Å². The molecule has 388 valence electrons. The lowest BCUT2D eigenvalue weighted by molar-refractivity contribution is -0.870. The van der Waals surface area contributed by atoms with Crippen LogP contribution >= 0.6 is 7.82 Å². The topological polar surface area (TPSA) is 105 Å². The van der Waals surface area contributed by atoms with E-state index in [9.17, 15) is 19.4 Å². The number of phosphoric acid groups is 1. The molecule has 67 heavy (non-hydrogen) atoms. The van der Waals surface area contributed by atoms with Gasteiger partial charge in [0, 0.05) is 6.42 Å². The van der Waals surface area contributed by atoms with Crippen LogP contribution in [0.15, 0.2) is 85.1 Å². The summed E-state index contributed by atoms with van der Waals surface area (Å²) in [7, 11) is 1.57. The Labute approximate surface area is 414 Å². The first-order valence-corrected chi connectivity index (χ1v) is 29.0. The fraction of sp³-hybridized carbons (Fsp3) is 0.741. The van der Waals surface area contributed by atoms with Gasteiger partial charge in [-0.2, -0.15) is 0 Å². The molecule has 0 saturated heterocycles. The number of rotatable bonds is 49. The Morgan fingerprint density at radius 2 is 0.896 bits per heavy atom. The quantitative estimate of drug-likeness (QED) is 0.0243. The first kappa shape index (κ1) is 64.7. The molecule has 0 radical (unpaired) electrons. The van der Waals surface area contributed by atoms with Gasteiger partial charge in [0.15, 0.2) is 0 Å². The summed E-state index contributed by atoms with van der Waals surface area (Å²) in [5.74, 6) is -0.181. The Morgan fingerprint density at radius 3 is 1.31 bits per heavy atom. The van der Waals surface area contributed by atoms with Crippen molar-refractivity contribution in [3.05, 3.63) is 85.1 Å². The van der Waals surface area contributed by atoms with E-state index >= 15 is 0 Å². The molecular weight excluding hydrogens is 852 g/mol.